The van der Waals surface area contributed by atoms with Crippen molar-refractivity contribution < 1.29 is 19.1 Å². The highest BCUT2D eigenvalue weighted by Crippen LogP contribution is 2.50. The summed E-state index contributed by atoms with van der Waals surface area (Å²) >= 11 is 0. The number of pyridine rings is 1. The maximum absolute atomic E-state index is 13.9. The lowest BCUT2D eigenvalue weighted by atomic mass is 9.69. The molecule has 1 N–H and O–H groups in total. The molecule has 1 amide bonds. The van der Waals surface area contributed by atoms with E-state index in [2.05, 4.69) is 24.7 Å². The van der Waals surface area contributed by atoms with Crippen LogP contribution in [0.4, 0.5) is 4.79 Å². The van der Waals surface area contributed by atoms with Crippen molar-refractivity contribution in [3.63, 3.8) is 0 Å². The first-order valence-corrected chi connectivity index (χ1v) is 20.4. The summed E-state index contributed by atoms with van der Waals surface area (Å²) in [6, 6.07) is 20.8. The lowest BCUT2D eigenvalue weighted by molar-refractivity contribution is -0.0328. The SMILES string of the molecule is Cn1cc(-c2ccnn2COCC[Si](C)(C)C)c2oc(-c3ccc(C4(N(C(=O)O)C(C)(C)C)CCC4)cc3)c(-c3ccccc3)c2c1=O. The fourth-order valence-electron chi connectivity index (χ4n) is 6.97. The molecule has 0 aliphatic heterocycles. The fraction of sp³-hybridized carbons (Fsp3) is 0.395. The molecule has 252 valence electrons. The van der Waals surface area contributed by atoms with Gasteiger partial charge in [0, 0.05) is 50.8 Å². The Kier molecular flexibility index (Phi) is 8.76. The molecule has 0 radical (unpaired) electrons. The number of hydrogen-bond donors (Lipinski definition) is 1. The number of aryl methyl sites for hydroxylation is 1. The predicted molar refractivity (Wildman–Crippen MR) is 193 cm³/mol. The van der Waals surface area contributed by atoms with Gasteiger partial charge in [0.2, 0.25) is 0 Å². The van der Waals surface area contributed by atoms with Gasteiger partial charge in [-0.05, 0) is 63.3 Å². The second-order valence-corrected chi connectivity index (χ2v) is 20.8. The van der Waals surface area contributed by atoms with Gasteiger partial charge in [-0.1, -0.05) is 74.2 Å². The number of ether oxygens (including phenoxy) is 1. The van der Waals surface area contributed by atoms with E-state index in [0.29, 0.717) is 30.1 Å². The summed E-state index contributed by atoms with van der Waals surface area (Å²) in [6.45, 7) is 13.8. The third-order valence-corrected chi connectivity index (χ3v) is 11.1. The van der Waals surface area contributed by atoms with E-state index >= 15 is 0 Å². The Balaban J connectivity index is 1.48. The minimum atomic E-state index is -1.24. The van der Waals surface area contributed by atoms with Crippen molar-refractivity contribution in [2.75, 3.05) is 6.61 Å². The number of rotatable bonds is 10. The number of benzene rings is 2. The lowest BCUT2D eigenvalue weighted by Crippen LogP contribution is -2.60. The Bertz CT molecular complexity index is 1990. The Morgan fingerprint density at radius 3 is 2.31 bits per heavy atom. The molecule has 1 aliphatic rings. The molecule has 1 saturated carbocycles. The van der Waals surface area contributed by atoms with Crippen LogP contribution in [-0.4, -0.2) is 50.7 Å². The number of nitrogens with zero attached hydrogens (tertiary/aromatic N) is 4. The fourth-order valence-corrected chi connectivity index (χ4v) is 7.73. The van der Waals surface area contributed by atoms with Crippen LogP contribution in [0.2, 0.25) is 25.7 Å². The normalized spacial score (nSPS) is 14.6. The van der Waals surface area contributed by atoms with Crippen LogP contribution in [0.5, 0.6) is 0 Å². The predicted octanol–water partition coefficient (Wildman–Crippen LogP) is 8.80. The maximum atomic E-state index is 13.9. The van der Waals surface area contributed by atoms with Crippen LogP contribution in [0, 0.1) is 0 Å². The van der Waals surface area contributed by atoms with E-state index in [1.165, 1.54) is 0 Å². The van der Waals surface area contributed by atoms with Crippen molar-refractivity contribution in [1.29, 1.82) is 0 Å². The zero-order valence-electron chi connectivity index (χ0n) is 29.0. The van der Waals surface area contributed by atoms with Crippen molar-refractivity contribution in [1.82, 2.24) is 19.2 Å². The third kappa shape index (κ3) is 6.14. The van der Waals surface area contributed by atoms with Crippen molar-refractivity contribution >= 4 is 25.1 Å². The van der Waals surface area contributed by atoms with Gasteiger partial charge in [-0.3, -0.25) is 9.69 Å². The Labute approximate surface area is 282 Å². The van der Waals surface area contributed by atoms with Crippen LogP contribution < -0.4 is 5.56 Å². The van der Waals surface area contributed by atoms with Gasteiger partial charge in [0.05, 0.1) is 22.2 Å². The van der Waals surface area contributed by atoms with Gasteiger partial charge in [-0.15, -0.1) is 0 Å². The third-order valence-electron chi connectivity index (χ3n) is 9.43. The van der Waals surface area contributed by atoms with Crippen LogP contribution in [-0.2, 0) is 24.1 Å². The van der Waals surface area contributed by atoms with E-state index in [0.717, 1.165) is 58.8 Å². The van der Waals surface area contributed by atoms with E-state index in [-0.39, 0.29) is 5.56 Å². The highest BCUT2D eigenvalue weighted by Gasteiger charge is 2.50. The molecule has 0 unspecified atom stereocenters. The monoisotopic (exact) mass is 666 g/mol. The second kappa shape index (κ2) is 12.6. The van der Waals surface area contributed by atoms with E-state index in [9.17, 15) is 14.7 Å². The van der Waals surface area contributed by atoms with Crippen LogP contribution in [0.1, 0.15) is 45.6 Å². The number of carboxylic acid groups (broad SMARTS) is 1. The molecular weight excluding hydrogens is 621 g/mol. The molecule has 48 heavy (non-hydrogen) atoms. The molecule has 0 atom stereocenters. The maximum Gasteiger partial charge on any atom is 0.408 e. The lowest BCUT2D eigenvalue weighted by Gasteiger charge is -2.54. The largest absolute Gasteiger partial charge is 0.465 e. The summed E-state index contributed by atoms with van der Waals surface area (Å²) in [5.41, 5.74) is 4.07. The first-order chi connectivity index (χ1) is 22.7. The van der Waals surface area contributed by atoms with Crippen molar-refractivity contribution in [2.45, 2.75) is 83.5 Å². The molecule has 0 bridgehead atoms. The molecule has 1 aliphatic carbocycles. The molecule has 10 heteroatoms. The summed E-state index contributed by atoms with van der Waals surface area (Å²) in [6.07, 6.45) is 5.13. The first kappa shape index (κ1) is 33.5. The van der Waals surface area contributed by atoms with Crippen LogP contribution in [0.15, 0.2) is 82.3 Å². The molecule has 0 saturated heterocycles. The topological polar surface area (TPSA) is 103 Å². The standard InChI is InChI=1S/C38H46N4O5Si/c1-37(2,3)42(36(44)45)38(19-11-20-38)28-16-14-27(15-17-28)33-31(26-12-9-8-10-13-26)32-34(47-33)29(24-40(4)35(32)43)30-18-21-39-41(30)25-46-22-23-48(5,6)7/h8-10,12-18,21,24H,11,19-20,22-23,25H2,1-7H3,(H,44,45). The zero-order chi connectivity index (χ0) is 34.4. The minimum absolute atomic E-state index is 0.160. The average Bonchev–Trinajstić information content (AvgIpc) is 3.64. The van der Waals surface area contributed by atoms with Crippen molar-refractivity contribution in [2.24, 2.45) is 7.05 Å². The van der Waals surface area contributed by atoms with E-state index in [4.69, 9.17) is 9.15 Å². The minimum Gasteiger partial charge on any atom is -0.465 e. The molecule has 3 heterocycles. The number of fused-ring (bicyclic) bond motifs is 1. The summed E-state index contributed by atoms with van der Waals surface area (Å²) < 4.78 is 16.2. The first-order valence-electron chi connectivity index (χ1n) is 16.7. The van der Waals surface area contributed by atoms with Crippen molar-refractivity contribution in [3.8, 4) is 33.7 Å². The van der Waals surface area contributed by atoms with Gasteiger partial charge >= 0.3 is 6.09 Å². The van der Waals surface area contributed by atoms with E-state index in [1.807, 2.05) is 86.1 Å². The Hall–Kier alpha value is -4.41. The molecule has 3 aromatic heterocycles. The zero-order valence-corrected chi connectivity index (χ0v) is 30.0. The molecular formula is C38H46N4O5Si. The number of hydrogen-bond acceptors (Lipinski definition) is 5. The molecule has 0 spiro atoms. The van der Waals surface area contributed by atoms with Gasteiger partial charge in [0.15, 0.2) is 5.58 Å². The van der Waals surface area contributed by atoms with Crippen LogP contribution in [0.3, 0.4) is 0 Å². The van der Waals surface area contributed by atoms with Crippen LogP contribution in [0.25, 0.3) is 44.7 Å². The van der Waals surface area contributed by atoms with Gasteiger partial charge in [-0.2, -0.15) is 5.10 Å². The van der Waals surface area contributed by atoms with Gasteiger partial charge in [-0.25, -0.2) is 9.48 Å². The highest BCUT2D eigenvalue weighted by atomic mass is 28.3. The molecule has 2 aromatic carbocycles. The van der Waals surface area contributed by atoms with Gasteiger partial charge in [0.25, 0.3) is 5.56 Å². The molecule has 5 aromatic rings. The van der Waals surface area contributed by atoms with Gasteiger partial charge in [0.1, 0.15) is 12.5 Å². The number of aromatic nitrogens is 3. The number of amides is 1. The van der Waals surface area contributed by atoms with Gasteiger partial charge < -0.3 is 18.8 Å². The van der Waals surface area contributed by atoms with E-state index in [1.54, 1.807) is 28.9 Å². The smallest absolute Gasteiger partial charge is 0.408 e. The average molecular weight is 667 g/mol. The van der Waals surface area contributed by atoms with Crippen molar-refractivity contribution in [3.05, 3.63) is 89.0 Å². The molecule has 1 fully saturated rings. The number of carbonyl (C=O) groups is 1. The summed E-state index contributed by atoms with van der Waals surface area (Å²) in [4.78, 5) is 28.1. The Morgan fingerprint density at radius 1 is 1.04 bits per heavy atom. The number of furan rings is 1. The highest BCUT2D eigenvalue weighted by molar-refractivity contribution is 6.76. The van der Waals surface area contributed by atoms with E-state index < -0.39 is 25.2 Å². The second-order valence-electron chi connectivity index (χ2n) is 15.2. The quantitative estimate of drug-likeness (QED) is 0.118. The summed E-state index contributed by atoms with van der Waals surface area (Å²) in [7, 11) is 0.514. The van der Waals surface area contributed by atoms with Crippen LogP contribution >= 0.6 is 0 Å². The summed E-state index contributed by atoms with van der Waals surface area (Å²) in [5.74, 6) is 0.582. The Morgan fingerprint density at radius 2 is 1.73 bits per heavy atom. The molecule has 6 rings (SSSR count). The molecule has 9 nitrogen and oxygen atoms in total. The summed E-state index contributed by atoms with van der Waals surface area (Å²) in [5, 5.41) is 15.3.